The van der Waals surface area contributed by atoms with Gasteiger partial charge in [-0.15, -0.1) is 0 Å². The Labute approximate surface area is 237 Å². The third-order valence-corrected chi connectivity index (χ3v) is 7.13. The molecule has 0 saturated heterocycles. The summed E-state index contributed by atoms with van der Waals surface area (Å²) in [5, 5.41) is 14.9. The molecule has 4 aromatic rings. The first-order chi connectivity index (χ1) is 19.9. The summed E-state index contributed by atoms with van der Waals surface area (Å²) in [6.45, 7) is 1.90. The molecule has 208 valence electrons. The topological polar surface area (TPSA) is 114 Å². The highest BCUT2D eigenvalue weighted by Crippen LogP contribution is 2.44. The molecule has 0 spiro atoms. The lowest BCUT2D eigenvalue weighted by atomic mass is 9.98. The van der Waals surface area contributed by atoms with Gasteiger partial charge < -0.3 is 19.9 Å². The standard InChI is InChI=1S/C33H30N2O6/c1-21(40-19-22-11-3-2-4-12-22)30(32(37)38)35-31(36)27-17-9-10-18-29(27)34-33(39)41-20-28-25-15-7-5-13-23(25)24-14-6-8-16-26(24)28/h2-18,21,28,30H,19-20H2,1H3,(H,34,39)(H,35,36)(H,37,38)/t21-,30+/m0/s1. The van der Waals surface area contributed by atoms with E-state index in [9.17, 15) is 19.5 Å². The third-order valence-electron chi connectivity index (χ3n) is 7.13. The van der Waals surface area contributed by atoms with E-state index in [1.807, 2.05) is 66.7 Å². The Balaban J connectivity index is 1.23. The molecule has 0 heterocycles. The molecule has 2 amide bonds. The number of nitrogens with one attached hydrogen (secondary N) is 2. The number of carboxylic acids is 1. The number of para-hydroxylation sites is 1. The molecule has 5 rings (SSSR count). The van der Waals surface area contributed by atoms with E-state index >= 15 is 0 Å². The fourth-order valence-electron chi connectivity index (χ4n) is 5.03. The second kappa shape index (κ2) is 12.5. The van der Waals surface area contributed by atoms with Crippen molar-refractivity contribution in [2.24, 2.45) is 0 Å². The average Bonchev–Trinajstić information content (AvgIpc) is 3.31. The van der Waals surface area contributed by atoms with Crippen LogP contribution in [-0.2, 0) is 20.9 Å². The molecule has 0 aliphatic heterocycles. The van der Waals surface area contributed by atoms with Crippen LogP contribution in [0, 0.1) is 0 Å². The molecule has 3 N–H and O–H groups in total. The van der Waals surface area contributed by atoms with Gasteiger partial charge in [0.1, 0.15) is 6.61 Å². The van der Waals surface area contributed by atoms with Crippen molar-refractivity contribution >= 4 is 23.7 Å². The van der Waals surface area contributed by atoms with Gasteiger partial charge in [0.25, 0.3) is 5.91 Å². The highest BCUT2D eigenvalue weighted by atomic mass is 16.5. The lowest BCUT2D eigenvalue weighted by molar-refractivity contribution is -0.143. The minimum absolute atomic E-state index is 0.0996. The number of amides is 2. The van der Waals surface area contributed by atoms with Crippen molar-refractivity contribution < 1.29 is 29.0 Å². The molecule has 0 aromatic heterocycles. The van der Waals surface area contributed by atoms with E-state index in [2.05, 4.69) is 22.8 Å². The summed E-state index contributed by atoms with van der Waals surface area (Å²) in [7, 11) is 0. The highest BCUT2D eigenvalue weighted by Gasteiger charge is 2.30. The second-order valence-corrected chi connectivity index (χ2v) is 9.79. The van der Waals surface area contributed by atoms with Gasteiger partial charge in [0, 0.05) is 5.92 Å². The Kier molecular flexibility index (Phi) is 8.41. The number of carbonyl (C=O) groups is 3. The van der Waals surface area contributed by atoms with Crippen LogP contribution in [0.1, 0.15) is 39.9 Å². The number of rotatable bonds is 10. The van der Waals surface area contributed by atoms with Gasteiger partial charge in [-0.2, -0.15) is 0 Å². The van der Waals surface area contributed by atoms with Gasteiger partial charge in [-0.1, -0.05) is 91.0 Å². The van der Waals surface area contributed by atoms with E-state index in [1.54, 1.807) is 25.1 Å². The minimum Gasteiger partial charge on any atom is -0.480 e. The summed E-state index contributed by atoms with van der Waals surface area (Å²) in [6, 6.07) is 30.4. The second-order valence-electron chi connectivity index (χ2n) is 9.79. The minimum atomic E-state index is -1.31. The lowest BCUT2D eigenvalue weighted by Gasteiger charge is -2.22. The zero-order valence-corrected chi connectivity index (χ0v) is 22.4. The summed E-state index contributed by atoms with van der Waals surface area (Å²) in [5.74, 6) is -2.01. The predicted octanol–water partition coefficient (Wildman–Crippen LogP) is 5.84. The van der Waals surface area contributed by atoms with Crippen molar-refractivity contribution in [2.75, 3.05) is 11.9 Å². The molecule has 1 aliphatic rings. The maximum Gasteiger partial charge on any atom is 0.411 e. The van der Waals surface area contributed by atoms with E-state index in [0.29, 0.717) is 0 Å². The molecule has 2 atom stereocenters. The number of benzene rings is 4. The van der Waals surface area contributed by atoms with E-state index in [-0.39, 0.29) is 30.4 Å². The van der Waals surface area contributed by atoms with Gasteiger partial charge in [0.15, 0.2) is 6.04 Å². The molecular weight excluding hydrogens is 520 g/mol. The molecule has 0 saturated carbocycles. The number of carbonyl (C=O) groups excluding carboxylic acids is 2. The molecule has 1 aliphatic carbocycles. The highest BCUT2D eigenvalue weighted by molar-refractivity contribution is 6.04. The lowest BCUT2D eigenvalue weighted by Crippen LogP contribution is -2.48. The van der Waals surface area contributed by atoms with Crippen molar-refractivity contribution in [1.29, 1.82) is 0 Å². The summed E-state index contributed by atoms with van der Waals surface area (Å²) in [6.07, 6.45) is -1.54. The van der Waals surface area contributed by atoms with Crippen LogP contribution in [0.5, 0.6) is 0 Å². The van der Waals surface area contributed by atoms with Gasteiger partial charge in [0.05, 0.1) is 24.0 Å². The summed E-state index contributed by atoms with van der Waals surface area (Å²) in [4.78, 5) is 38.0. The van der Waals surface area contributed by atoms with Gasteiger partial charge in [-0.3, -0.25) is 10.1 Å². The van der Waals surface area contributed by atoms with E-state index in [1.165, 1.54) is 6.07 Å². The normalized spacial score (nSPS) is 13.4. The van der Waals surface area contributed by atoms with Crippen LogP contribution in [0.3, 0.4) is 0 Å². The van der Waals surface area contributed by atoms with Crippen LogP contribution in [0.4, 0.5) is 10.5 Å². The Morgan fingerprint density at radius 3 is 2.05 bits per heavy atom. The van der Waals surface area contributed by atoms with Gasteiger partial charge in [0.2, 0.25) is 0 Å². The molecular formula is C33H30N2O6. The van der Waals surface area contributed by atoms with Crippen LogP contribution in [0.25, 0.3) is 11.1 Å². The van der Waals surface area contributed by atoms with Gasteiger partial charge >= 0.3 is 12.1 Å². The van der Waals surface area contributed by atoms with E-state index in [4.69, 9.17) is 9.47 Å². The van der Waals surface area contributed by atoms with Crippen LogP contribution in [0.15, 0.2) is 103 Å². The SMILES string of the molecule is C[C@H](OCc1ccccc1)[C@@H](NC(=O)c1ccccc1NC(=O)OCC1c2ccccc2-c2ccccc21)C(=O)O. The summed E-state index contributed by atoms with van der Waals surface area (Å²) >= 11 is 0. The third kappa shape index (κ3) is 6.28. The largest absolute Gasteiger partial charge is 0.480 e. The van der Waals surface area contributed by atoms with Crippen molar-refractivity contribution in [1.82, 2.24) is 5.32 Å². The first-order valence-corrected chi connectivity index (χ1v) is 13.3. The summed E-state index contributed by atoms with van der Waals surface area (Å²) < 4.78 is 11.3. The van der Waals surface area contributed by atoms with Gasteiger partial charge in [-0.25, -0.2) is 9.59 Å². The number of aliphatic carboxylic acids is 1. The Bertz CT molecular complexity index is 1510. The van der Waals surface area contributed by atoms with Crippen molar-refractivity contribution in [2.45, 2.75) is 31.6 Å². The number of fused-ring (bicyclic) bond motifs is 3. The number of ether oxygens (including phenoxy) is 2. The van der Waals surface area contributed by atoms with E-state index in [0.717, 1.165) is 27.8 Å². The molecule has 41 heavy (non-hydrogen) atoms. The Morgan fingerprint density at radius 2 is 1.39 bits per heavy atom. The zero-order valence-electron chi connectivity index (χ0n) is 22.4. The fraction of sp³-hybridized carbons (Fsp3) is 0.182. The van der Waals surface area contributed by atoms with Crippen molar-refractivity contribution in [3.8, 4) is 11.1 Å². The number of anilines is 1. The van der Waals surface area contributed by atoms with E-state index < -0.39 is 30.1 Å². The maximum atomic E-state index is 13.2. The molecule has 0 unspecified atom stereocenters. The van der Waals surface area contributed by atoms with Crippen LogP contribution < -0.4 is 10.6 Å². The molecule has 0 fully saturated rings. The van der Waals surface area contributed by atoms with Gasteiger partial charge in [-0.05, 0) is 46.9 Å². The average molecular weight is 551 g/mol. The van der Waals surface area contributed by atoms with Crippen molar-refractivity contribution in [3.63, 3.8) is 0 Å². The maximum absolute atomic E-state index is 13.2. The van der Waals surface area contributed by atoms with Crippen LogP contribution in [0.2, 0.25) is 0 Å². The fourth-order valence-corrected chi connectivity index (χ4v) is 5.03. The number of hydrogen-bond acceptors (Lipinski definition) is 5. The Hall–Kier alpha value is -4.95. The molecule has 0 bridgehead atoms. The quantitative estimate of drug-likeness (QED) is 0.229. The first-order valence-electron chi connectivity index (χ1n) is 13.3. The van der Waals surface area contributed by atoms with Crippen molar-refractivity contribution in [3.05, 3.63) is 125 Å². The van der Waals surface area contributed by atoms with Crippen LogP contribution >= 0.6 is 0 Å². The first kappa shape index (κ1) is 27.6. The zero-order chi connectivity index (χ0) is 28.8. The van der Waals surface area contributed by atoms with Crippen LogP contribution in [-0.4, -0.2) is 41.8 Å². The number of hydrogen-bond donors (Lipinski definition) is 3. The molecule has 4 aromatic carbocycles. The monoisotopic (exact) mass is 550 g/mol. The summed E-state index contributed by atoms with van der Waals surface area (Å²) in [5.41, 5.74) is 5.59. The number of carboxylic acid groups (broad SMARTS) is 1. The molecule has 0 radical (unpaired) electrons. The molecule has 8 nitrogen and oxygen atoms in total. The Morgan fingerprint density at radius 1 is 0.805 bits per heavy atom. The molecule has 8 heteroatoms. The smallest absolute Gasteiger partial charge is 0.411 e. The predicted molar refractivity (Wildman–Crippen MR) is 155 cm³/mol.